The van der Waals surface area contributed by atoms with Gasteiger partial charge in [-0.05, 0) is 78.7 Å². The predicted octanol–water partition coefficient (Wildman–Crippen LogP) is 4.94. The van der Waals surface area contributed by atoms with E-state index in [0.717, 1.165) is 79.7 Å². The van der Waals surface area contributed by atoms with Crippen molar-refractivity contribution in [1.29, 1.82) is 0 Å². The standard InChI is InChI=1S/C33H23F3N2O12/c1-32(33(34,35)36,18-4-7-24(41)22(12-18)37-28(43)16-2-6-20(30(45)46)21(10-16)31(47)48)19-5-8-25(42)23(13-19)38-29(44)17-3-9-26(49-14-39)27(11-17)50-15-40/h2-15,41-42H,1H3,(H,37,43)(H,38,44)(H,45,46)(H,47,48). The van der Waals surface area contributed by atoms with E-state index in [-0.39, 0.29) is 35.6 Å². The molecular formula is C33H23F3N2O12. The molecule has 0 bridgehead atoms. The lowest BCUT2D eigenvalue weighted by molar-refractivity contribution is -0.173. The first-order valence-electron chi connectivity index (χ1n) is 13.8. The van der Waals surface area contributed by atoms with Crippen LogP contribution in [0.2, 0.25) is 0 Å². The highest BCUT2D eigenvalue weighted by atomic mass is 19.4. The fourth-order valence-corrected chi connectivity index (χ4v) is 4.77. The number of ether oxygens (including phenoxy) is 2. The molecule has 0 aliphatic heterocycles. The van der Waals surface area contributed by atoms with Gasteiger partial charge in [-0.15, -0.1) is 0 Å². The van der Waals surface area contributed by atoms with E-state index in [2.05, 4.69) is 15.4 Å². The Morgan fingerprint density at radius 1 is 0.640 bits per heavy atom. The number of nitrogens with one attached hydrogen (secondary N) is 2. The van der Waals surface area contributed by atoms with Gasteiger partial charge in [0, 0.05) is 11.1 Å². The van der Waals surface area contributed by atoms with Crippen LogP contribution in [0, 0.1) is 0 Å². The van der Waals surface area contributed by atoms with E-state index in [9.17, 15) is 62.4 Å². The molecule has 17 heteroatoms. The normalized spacial score (nSPS) is 12.2. The third-order valence-electron chi connectivity index (χ3n) is 7.51. The lowest BCUT2D eigenvalue weighted by atomic mass is 9.75. The number of amides is 2. The zero-order chi connectivity index (χ0) is 37.0. The van der Waals surface area contributed by atoms with Crippen molar-refractivity contribution in [3.63, 3.8) is 0 Å². The van der Waals surface area contributed by atoms with Gasteiger partial charge in [-0.3, -0.25) is 19.2 Å². The number of carboxylic acids is 2. The number of phenols is 2. The number of hydrogen-bond donors (Lipinski definition) is 6. The fourth-order valence-electron chi connectivity index (χ4n) is 4.77. The first kappa shape index (κ1) is 35.9. The van der Waals surface area contributed by atoms with Gasteiger partial charge in [0.25, 0.3) is 24.8 Å². The third-order valence-corrected chi connectivity index (χ3v) is 7.51. The molecule has 4 rings (SSSR count). The minimum atomic E-state index is -5.08. The second kappa shape index (κ2) is 14.1. The number of aromatic carboxylic acids is 2. The van der Waals surface area contributed by atoms with Crippen molar-refractivity contribution in [2.24, 2.45) is 0 Å². The van der Waals surface area contributed by atoms with Crippen molar-refractivity contribution in [1.82, 2.24) is 0 Å². The highest BCUT2D eigenvalue weighted by Crippen LogP contribution is 2.48. The maximum Gasteiger partial charge on any atom is 0.402 e. The second-order valence-corrected chi connectivity index (χ2v) is 10.5. The van der Waals surface area contributed by atoms with Crippen LogP contribution in [0.1, 0.15) is 59.5 Å². The highest BCUT2D eigenvalue weighted by molar-refractivity contribution is 6.09. The summed E-state index contributed by atoms with van der Waals surface area (Å²) in [6.07, 6.45) is -5.08. The molecular weight excluding hydrogens is 673 g/mol. The number of hydrogen-bond acceptors (Lipinski definition) is 10. The zero-order valence-electron chi connectivity index (χ0n) is 25.3. The van der Waals surface area contributed by atoms with Crippen molar-refractivity contribution >= 4 is 48.1 Å². The average Bonchev–Trinajstić information content (AvgIpc) is 3.06. The Hall–Kier alpha value is -6.91. The van der Waals surface area contributed by atoms with Gasteiger partial charge in [0.1, 0.15) is 16.9 Å². The van der Waals surface area contributed by atoms with Crippen LogP contribution in [-0.2, 0) is 15.0 Å². The molecule has 0 aliphatic rings. The lowest BCUT2D eigenvalue weighted by Crippen LogP contribution is -2.40. The molecule has 4 aromatic rings. The second-order valence-electron chi connectivity index (χ2n) is 10.5. The molecule has 0 aliphatic carbocycles. The molecule has 0 saturated carbocycles. The summed E-state index contributed by atoms with van der Waals surface area (Å²) >= 11 is 0. The van der Waals surface area contributed by atoms with Gasteiger partial charge in [-0.2, -0.15) is 13.2 Å². The number of carboxylic acid groups (broad SMARTS) is 2. The Labute approximate surface area is 278 Å². The Morgan fingerprint density at radius 3 is 1.56 bits per heavy atom. The van der Waals surface area contributed by atoms with Crippen LogP contribution in [0.15, 0.2) is 72.8 Å². The largest absolute Gasteiger partial charge is 0.506 e. The van der Waals surface area contributed by atoms with Gasteiger partial charge in [0.15, 0.2) is 11.5 Å². The van der Waals surface area contributed by atoms with Gasteiger partial charge in [-0.1, -0.05) is 12.1 Å². The van der Waals surface area contributed by atoms with Crippen LogP contribution >= 0.6 is 0 Å². The molecule has 0 fully saturated rings. The number of rotatable bonds is 12. The number of anilines is 2. The minimum Gasteiger partial charge on any atom is -0.506 e. The molecule has 6 N–H and O–H groups in total. The summed E-state index contributed by atoms with van der Waals surface area (Å²) in [5.41, 5.74) is -6.92. The molecule has 1 atom stereocenters. The first-order chi connectivity index (χ1) is 23.5. The number of halogens is 3. The predicted molar refractivity (Wildman–Crippen MR) is 165 cm³/mol. The van der Waals surface area contributed by atoms with Crippen molar-refractivity contribution in [2.75, 3.05) is 10.6 Å². The summed E-state index contributed by atoms with van der Waals surface area (Å²) in [6.45, 7) is 0.800. The van der Waals surface area contributed by atoms with Gasteiger partial charge < -0.3 is 40.5 Å². The van der Waals surface area contributed by atoms with Crippen molar-refractivity contribution in [3.05, 3.63) is 106 Å². The van der Waals surface area contributed by atoms with Gasteiger partial charge in [0.05, 0.1) is 22.5 Å². The lowest BCUT2D eigenvalue weighted by Gasteiger charge is -2.34. The van der Waals surface area contributed by atoms with Crippen molar-refractivity contribution < 1.29 is 71.8 Å². The van der Waals surface area contributed by atoms with E-state index in [0.29, 0.717) is 0 Å². The van der Waals surface area contributed by atoms with Crippen LogP contribution in [0.25, 0.3) is 0 Å². The summed E-state index contributed by atoms with van der Waals surface area (Å²) in [7, 11) is 0. The van der Waals surface area contributed by atoms with Gasteiger partial charge >= 0.3 is 18.1 Å². The topological polar surface area (TPSA) is 226 Å². The monoisotopic (exact) mass is 696 g/mol. The average molecular weight is 697 g/mol. The molecule has 0 saturated heterocycles. The molecule has 2 amide bonds. The number of alkyl halides is 3. The molecule has 0 radical (unpaired) electrons. The van der Waals surface area contributed by atoms with E-state index in [1.54, 1.807) is 0 Å². The summed E-state index contributed by atoms with van der Waals surface area (Å²) in [6, 6.07) is 11.1. The molecule has 50 heavy (non-hydrogen) atoms. The Morgan fingerprint density at radius 2 is 1.10 bits per heavy atom. The Bertz CT molecular complexity index is 2050. The maximum absolute atomic E-state index is 15.0. The zero-order valence-corrected chi connectivity index (χ0v) is 25.3. The summed E-state index contributed by atoms with van der Waals surface area (Å²) in [4.78, 5) is 70.4. The van der Waals surface area contributed by atoms with Crippen molar-refractivity contribution in [2.45, 2.75) is 18.5 Å². The van der Waals surface area contributed by atoms with Crippen LogP contribution in [0.4, 0.5) is 24.5 Å². The van der Waals surface area contributed by atoms with Crippen LogP contribution < -0.4 is 20.1 Å². The van der Waals surface area contributed by atoms with Crippen molar-refractivity contribution in [3.8, 4) is 23.0 Å². The summed E-state index contributed by atoms with van der Waals surface area (Å²) < 4.78 is 54.2. The number of benzene rings is 4. The van der Waals surface area contributed by atoms with E-state index in [1.165, 1.54) is 0 Å². The molecule has 0 spiro atoms. The first-order valence-corrected chi connectivity index (χ1v) is 13.8. The number of carbonyl (C=O) groups excluding carboxylic acids is 4. The van der Waals surface area contributed by atoms with Crippen LogP contribution in [0.5, 0.6) is 23.0 Å². The Kier molecular flexibility index (Phi) is 10.1. The molecule has 0 aromatic heterocycles. The van der Waals surface area contributed by atoms with Crippen LogP contribution in [0.3, 0.4) is 0 Å². The van der Waals surface area contributed by atoms with Crippen LogP contribution in [-0.4, -0.2) is 63.3 Å². The minimum absolute atomic E-state index is 0.00412. The maximum atomic E-state index is 15.0. The van der Waals surface area contributed by atoms with E-state index in [1.807, 2.05) is 0 Å². The number of phenolic OH excluding ortho intramolecular Hbond substituents is 2. The fraction of sp³-hybridized carbons (Fsp3) is 0.0909. The molecule has 1 unspecified atom stereocenters. The highest BCUT2D eigenvalue weighted by Gasteiger charge is 2.54. The molecule has 258 valence electrons. The van der Waals surface area contributed by atoms with Gasteiger partial charge in [0.2, 0.25) is 0 Å². The summed E-state index contributed by atoms with van der Waals surface area (Å²) in [5, 5.41) is 43.9. The Balaban J connectivity index is 1.71. The third kappa shape index (κ3) is 7.15. The summed E-state index contributed by atoms with van der Waals surface area (Å²) in [5.74, 6) is -7.17. The number of carbonyl (C=O) groups is 6. The van der Waals surface area contributed by atoms with E-state index >= 15 is 0 Å². The molecule has 14 nitrogen and oxygen atoms in total. The van der Waals surface area contributed by atoms with Gasteiger partial charge in [-0.25, -0.2) is 9.59 Å². The quantitative estimate of drug-likeness (QED) is 0.0856. The molecule has 0 heterocycles. The smallest absolute Gasteiger partial charge is 0.402 e. The van der Waals surface area contributed by atoms with E-state index in [4.69, 9.17) is 4.74 Å². The number of aromatic hydroxyl groups is 2. The SMILES string of the molecule is CC(c1ccc(O)c(NC(=O)c2ccc(OC=O)c(OC=O)c2)c1)(c1ccc(O)c(NC(=O)c2ccc(C(=O)O)c(C(=O)O)c2)c1)C(F)(F)F. The molecule has 4 aromatic carbocycles. The van der Waals surface area contributed by atoms with E-state index < -0.39 is 80.5 Å².